The van der Waals surface area contributed by atoms with Crippen LogP contribution in [0.2, 0.25) is 5.02 Å². The number of aromatic nitrogens is 4. The quantitative estimate of drug-likeness (QED) is 0.493. The first-order chi connectivity index (χ1) is 14.3. The molecule has 1 aromatic carbocycles. The largest absolute Gasteiger partial charge is 0.352 e. The number of aryl methyl sites for hydroxylation is 1. The summed E-state index contributed by atoms with van der Waals surface area (Å²) in [4.78, 5) is 38.5. The van der Waals surface area contributed by atoms with Crippen LogP contribution in [0.1, 0.15) is 20.3 Å². The maximum absolute atomic E-state index is 13.0. The Morgan fingerprint density at radius 3 is 2.80 bits per heavy atom. The third kappa shape index (κ3) is 3.78. The van der Waals surface area contributed by atoms with Gasteiger partial charge in [0.05, 0.1) is 5.52 Å². The van der Waals surface area contributed by atoms with Crippen molar-refractivity contribution in [1.82, 2.24) is 18.7 Å². The van der Waals surface area contributed by atoms with Crippen molar-refractivity contribution in [3.05, 3.63) is 61.6 Å². The van der Waals surface area contributed by atoms with Gasteiger partial charge in [0, 0.05) is 17.3 Å². The first-order valence-corrected chi connectivity index (χ1v) is 10.8. The van der Waals surface area contributed by atoms with Crippen LogP contribution in [0, 0.1) is 5.92 Å². The summed E-state index contributed by atoms with van der Waals surface area (Å²) >= 11 is 7.23. The molecule has 0 saturated heterocycles. The maximum atomic E-state index is 13.0. The fraction of sp³-hybridized carbons (Fsp3) is 0.300. The van der Waals surface area contributed by atoms with Crippen LogP contribution in [0.3, 0.4) is 0 Å². The van der Waals surface area contributed by atoms with E-state index in [1.54, 1.807) is 35.7 Å². The zero-order valence-corrected chi connectivity index (χ0v) is 18.0. The Kier molecular flexibility index (Phi) is 5.48. The number of rotatable bonds is 6. The molecule has 1 amide bonds. The van der Waals surface area contributed by atoms with E-state index in [1.807, 2.05) is 0 Å². The Balaban J connectivity index is 1.75. The van der Waals surface area contributed by atoms with Crippen LogP contribution in [-0.2, 0) is 17.9 Å². The van der Waals surface area contributed by atoms with E-state index in [9.17, 15) is 14.4 Å². The van der Waals surface area contributed by atoms with Crippen LogP contribution in [0.15, 0.2) is 45.3 Å². The van der Waals surface area contributed by atoms with Gasteiger partial charge in [-0.15, -0.1) is 16.4 Å². The molecular weight excluding hydrogens is 426 g/mol. The predicted molar refractivity (Wildman–Crippen MR) is 119 cm³/mol. The number of carbonyl (C=O) groups is 1. The van der Waals surface area contributed by atoms with Crippen molar-refractivity contribution in [2.24, 2.45) is 5.92 Å². The average molecular weight is 446 g/mol. The van der Waals surface area contributed by atoms with Gasteiger partial charge in [-0.05, 0) is 42.0 Å². The zero-order valence-electron chi connectivity index (χ0n) is 16.5. The summed E-state index contributed by atoms with van der Waals surface area (Å²) in [5.41, 5.74) is 0.396. The molecule has 3 heterocycles. The smallest absolute Gasteiger partial charge is 0.324 e. The lowest BCUT2D eigenvalue weighted by Crippen LogP contribution is -2.29. The van der Waals surface area contributed by atoms with Crippen LogP contribution < -0.4 is 16.6 Å². The van der Waals surface area contributed by atoms with Crippen molar-refractivity contribution >= 4 is 50.5 Å². The minimum Gasteiger partial charge on any atom is -0.324 e. The number of amides is 1. The Hall–Kier alpha value is -2.91. The second-order valence-electron chi connectivity index (χ2n) is 7.41. The lowest BCUT2D eigenvalue weighted by molar-refractivity contribution is -0.117. The van der Waals surface area contributed by atoms with Crippen LogP contribution in [-0.4, -0.2) is 24.7 Å². The molecule has 0 unspecified atom stereocenters. The number of thiophene rings is 1. The lowest BCUT2D eigenvalue weighted by atomic mass is 10.1. The van der Waals surface area contributed by atoms with Gasteiger partial charge in [-0.2, -0.15) is 0 Å². The third-order valence-electron chi connectivity index (χ3n) is 4.72. The number of nitrogens with zero attached hydrogens (tertiary/aromatic N) is 4. The van der Waals surface area contributed by atoms with Crippen molar-refractivity contribution < 1.29 is 4.79 Å². The molecule has 0 fully saturated rings. The standard InChI is InChI=1S/C20H20ClN5O3S/c1-12(2)6-8-24-18(28)17-15(7-9-30-17)26-19(24)23-25(20(26)29)11-16(27)22-14-5-3-4-13(21)10-14/h3-5,7,9-10,12H,6,8,11H2,1-2H3,(H,22,27). The van der Waals surface area contributed by atoms with Crippen molar-refractivity contribution in [3.63, 3.8) is 0 Å². The highest BCUT2D eigenvalue weighted by Gasteiger charge is 2.19. The molecule has 0 saturated carbocycles. The molecule has 0 radical (unpaired) electrons. The highest BCUT2D eigenvalue weighted by Crippen LogP contribution is 2.18. The number of fused-ring (bicyclic) bond motifs is 3. The number of halogens is 1. The van der Waals surface area contributed by atoms with E-state index < -0.39 is 11.6 Å². The molecule has 3 aromatic heterocycles. The van der Waals surface area contributed by atoms with Gasteiger partial charge in [-0.25, -0.2) is 13.9 Å². The minimum atomic E-state index is -0.465. The minimum absolute atomic E-state index is 0.173. The molecule has 0 bridgehead atoms. The first-order valence-electron chi connectivity index (χ1n) is 9.50. The first kappa shape index (κ1) is 20.4. The predicted octanol–water partition coefficient (Wildman–Crippen LogP) is 3.21. The van der Waals surface area contributed by atoms with Crippen molar-refractivity contribution in [2.45, 2.75) is 33.4 Å². The van der Waals surface area contributed by atoms with Crippen LogP contribution in [0.4, 0.5) is 5.69 Å². The molecule has 0 atom stereocenters. The summed E-state index contributed by atoms with van der Waals surface area (Å²) in [6, 6.07) is 8.46. The van der Waals surface area contributed by atoms with E-state index in [-0.39, 0.29) is 17.9 Å². The molecule has 0 aliphatic carbocycles. The number of hydrogen-bond donors (Lipinski definition) is 1. The van der Waals surface area contributed by atoms with E-state index in [0.717, 1.165) is 11.1 Å². The number of carbonyl (C=O) groups excluding carboxylic acids is 1. The Morgan fingerprint density at radius 2 is 2.07 bits per heavy atom. The fourth-order valence-corrected chi connectivity index (χ4v) is 4.24. The topological polar surface area (TPSA) is 90.4 Å². The SMILES string of the molecule is CC(C)CCn1c(=O)c2sccc2n2c(=O)n(CC(=O)Nc3cccc(Cl)c3)nc12. The Labute approximate surface area is 180 Å². The number of nitrogens with one attached hydrogen (secondary N) is 1. The monoisotopic (exact) mass is 445 g/mol. The fourth-order valence-electron chi connectivity index (χ4n) is 3.23. The summed E-state index contributed by atoms with van der Waals surface area (Å²) in [5, 5.41) is 9.29. The molecule has 0 spiro atoms. The maximum Gasteiger partial charge on any atom is 0.352 e. The summed E-state index contributed by atoms with van der Waals surface area (Å²) in [7, 11) is 0. The molecule has 30 heavy (non-hydrogen) atoms. The molecule has 156 valence electrons. The van der Waals surface area contributed by atoms with Crippen molar-refractivity contribution in [3.8, 4) is 0 Å². The Morgan fingerprint density at radius 1 is 1.27 bits per heavy atom. The van der Waals surface area contributed by atoms with Crippen molar-refractivity contribution in [1.29, 1.82) is 0 Å². The molecule has 0 aliphatic rings. The average Bonchev–Trinajstić information content (AvgIpc) is 3.27. The molecular formula is C20H20ClN5O3S. The van der Waals surface area contributed by atoms with Gasteiger partial charge in [-0.3, -0.25) is 14.2 Å². The number of anilines is 1. The second-order valence-corrected chi connectivity index (χ2v) is 8.76. The van der Waals surface area contributed by atoms with Gasteiger partial charge in [0.15, 0.2) is 0 Å². The van der Waals surface area contributed by atoms with Gasteiger partial charge in [0.1, 0.15) is 11.2 Å². The summed E-state index contributed by atoms with van der Waals surface area (Å²) in [6.45, 7) is 4.30. The Bertz CT molecular complexity index is 1360. The third-order valence-corrected chi connectivity index (χ3v) is 5.85. The summed E-state index contributed by atoms with van der Waals surface area (Å²) in [5.74, 6) is 0.209. The number of benzene rings is 1. The van der Waals surface area contributed by atoms with E-state index in [0.29, 0.717) is 33.4 Å². The second kappa shape index (κ2) is 8.08. The highest BCUT2D eigenvalue weighted by molar-refractivity contribution is 7.17. The molecule has 10 heteroatoms. The normalized spacial score (nSPS) is 11.6. The number of hydrogen-bond acceptors (Lipinski definition) is 5. The van der Waals surface area contributed by atoms with E-state index >= 15 is 0 Å². The molecule has 8 nitrogen and oxygen atoms in total. The van der Waals surface area contributed by atoms with E-state index in [1.165, 1.54) is 20.3 Å². The van der Waals surface area contributed by atoms with Crippen LogP contribution in [0.5, 0.6) is 0 Å². The van der Waals surface area contributed by atoms with Gasteiger partial charge < -0.3 is 5.32 Å². The molecule has 0 aliphatic heterocycles. The summed E-state index contributed by atoms with van der Waals surface area (Å²) < 4.78 is 4.50. The van der Waals surface area contributed by atoms with Crippen molar-refractivity contribution in [2.75, 3.05) is 5.32 Å². The van der Waals surface area contributed by atoms with Crippen LogP contribution in [0.25, 0.3) is 16.0 Å². The van der Waals surface area contributed by atoms with E-state index in [4.69, 9.17) is 11.6 Å². The highest BCUT2D eigenvalue weighted by atomic mass is 35.5. The lowest BCUT2D eigenvalue weighted by Gasteiger charge is -2.09. The molecule has 4 aromatic rings. The van der Waals surface area contributed by atoms with E-state index in [2.05, 4.69) is 24.3 Å². The zero-order chi connectivity index (χ0) is 21.4. The molecule has 1 N–H and O–H groups in total. The van der Waals surface area contributed by atoms with Crippen LogP contribution >= 0.6 is 22.9 Å². The molecule has 4 rings (SSSR count). The van der Waals surface area contributed by atoms with Gasteiger partial charge in [0.25, 0.3) is 5.56 Å². The van der Waals surface area contributed by atoms with Gasteiger partial charge in [-0.1, -0.05) is 31.5 Å². The van der Waals surface area contributed by atoms with Gasteiger partial charge >= 0.3 is 5.69 Å². The summed E-state index contributed by atoms with van der Waals surface area (Å²) in [6.07, 6.45) is 0.767. The van der Waals surface area contributed by atoms with Gasteiger partial charge in [0.2, 0.25) is 11.7 Å².